The highest BCUT2D eigenvalue weighted by Gasteiger charge is 2.13. The first kappa shape index (κ1) is 27.9. The summed E-state index contributed by atoms with van der Waals surface area (Å²) in [4.78, 5) is 24.7. The number of carbonyl (C=O) groups is 2. The Morgan fingerprint density at radius 2 is 1.22 bits per heavy atom. The second-order valence-electron chi connectivity index (χ2n) is 8.34. The number of carbonyl (C=O) groups excluding carboxylic acids is 2. The number of halogens is 4. The molecule has 0 bridgehead atoms. The largest absolute Gasteiger partial charge is 0.483 e. The molecule has 192 valence electrons. The van der Waals surface area contributed by atoms with Crippen molar-refractivity contribution in [3.8, 4) is 11.5 Å². The maximum absolute atomic E-state index is 12.4. The molecule has 4 aromatic carbocycles. The lowest BCUT2D eigenvalue weighted by atomic mass is 10.1. The molecule has 6 nitrogen and oxygen atoms in total. The number of ether oxygens (including phenoxy) is 2. The van der Waals surface area contributed by atoms with Crippen LogP contribution in [0.15, 0.2) is 78.6 Å². The zero-order valence-corrected chi connectivity index (χ0v) is 26.0. The molecule has 10 heteroatoms. The first-order chi connectivity index (χ1) is 17.7. The number of fused-ring (bicyclic) bond motifs is 2. The van der Waals surface area contributed by atoms with E-state index in [-0.39, 0.29) is 37.6 Å². The molecular formula is C27H22Br4N2O4. The summed E-state index contributed by atoms with van der Waals surface area (Å²) in [5.41, 5.74) is 0. The van der Waals surface area contributed by atoms with Crippen LogP contribution in [0.1, 0.15) is 6.92 Å². The monoisotopic (exact) mass is 754 g/mol. The SMILES string of the molecule is C[C@@H](CNC(=O)COc1ccc2cc(Br)ccc2c1Br)NC(=O)COc1ccc2cc(Br)ccc2c1Br. The predicted molar refractivity (Wildman–Crippen MR) is 160 cm³/mol. The summed E-state index contributed by atoms with van der Waals surface area (Å²) in [6.45, 7) is 1.78. The molecule has 0 unspecified atom stereocenters. The minimum atomic E-state index is -0.289. The molecule has 37 heavy (non-hydrogen) atoms. The van der Waals surface area contributed by atoms with Gasteiger partial charge in [0, 0.05) is 21.5 Å². The van der Waals surface area contributed by atoms with Gasteiger partial charge in [0.15, 0.2) is 13.2 Å². The molecule has 0 spiro atoms. The molecule has 0 aromatic heterocycles. The van der Waals surface area contributed by atoms with E-state index in [1.807, 2.05) is 60.7 Å². The van der Waals surface area contributed by atoms with E-state index >= 15 is 0 Å². The van der Waals surface area contributed by atoms with Crippen molar-refractivity contribution >= 4 is 97.1 Å². The average Bonchev–Trinajstić information content (AvgIpc) is 2.86. The van der Waals surface area contributed by atoms with E-state index in [1.165, 1.54) is 0 Å². The van der Waals surface area contributed by atoms with E-state index in [0.29, 0.717) is 11.5 Å². The van der Waals surface area contributed by atoms with E-state index < -0.39 is 0 Å². The van der Waals surface area contributed by atoms with Gasteiger partial charge in [-0.15, -0.1) is 0 Å². The molecule has 0 fully saturated rings. The van der Waals surface area contributed by atoms with Crippen molar-refractivity contribution in [2.45, 2.75) is 13.0 Å². The van der Waals surface area contributed by atoms with E-state index in [2.05, 4.69) is 74.4 Å². The normalized spacial score (nSPS) is 11.8. The second-order valence-corrected chi connectivity index (χ2v) is 11.8. The van der Waals surface area contributed by atoms with Crippen molar-refractivity contribution in [2.75, 3.05) is 19.8 Å². The standard InChI is InChI=1S/C27H22Br4N2O4/c1-15(33-25(35)14-37-23-9-3-17-11-19(29)5-7-21(17)27(23)31)12-32-24(34)13-36-22-8-2-16-10-18(28)4-6-20(16)26(22)30/h2-11,15H,12-14H2,1H3,(H,32,34)(H,33,35)/t15-/m0/s1. The Labute approximate surface area is 248 Å². The number of hydrogen-bond donors (Lipinski definition) is 2. The number of benzene rings is 4. The summed E-state index contributed by atoms with van der Waals surface area (Å²) in [5.74, 6) is 0.589. The third-order valence-corrected chi connectivity index (χ3v) is 8.11. The zero-order chi connectivity index (χ0) is 26.5. The van der Waals surface area contributed by atoms with Crippen LogP contribution in [0.3, 0.4) is 0 Å². The Morgan fingerprint density at radius 1 is 0.730 bits per heavy atom. The van der Waals surface area contributed by atoms with Crippen LogP contribution in [-0.2, 0) is 9.59 Å². The van der Waals surface area contributed by atoms with E-state index in [9.17, 15) is 9.59 Å². The van der Waals surface area contributed by atoms with Gasteiger partial charge in [-0.25, -0.2) is 0 Å². The van der Waals surface area contributed by atoms with Crippen molar-refractivity contribution < 1.29 is 19.1 Å². The molecule has 0 heterocycles. The summed E-state index contributed by atoms with van der Waals surface area (Å²) < 4.78 is 15.0. The quantitative estimate of drug-likeness (QED) is 0.191. The number of nitrogens with one attached hydrogen (secondary N) is 2. The molecule has 2 amide bonds. The summed E-state index contributed by atoms with van der Waals surface area (Å²) in [7, 11) is 0. The average molecular weight is 758 g/mol. The Hall–Kier alpha value is -2.14. The van der Waals surface area contributed by atoms with Gasteiger partial charge in [0.1, 0.15) is 11.5 Å². The number of rotatable bonds is 9. The van der Waals surface area contributed by atoms with Crippen LogP contribution in [0.4, 0.5) is 0 Å². The highest BCUT2D eigenvalue weighted by molar-refractivity contribution is 9.11. The first-order valence-electron chi connectivity index (χ1n) is 11.3. The first-order valence-corrected chi connectivity index (χ1v) is 14.5. The van der Waals surface area contributed by atoms with E-state index in [1.54, 1.807) is 6.92 Å². The van der Waals surface area contributed by atoms with Gasteiger partial charge in [0.2, 0.25) is 0 Å². The lowest BCUT2D eigenvalue weighted by Gasteiger charge is -2.16. The fraction of sp³-hybridized carbons (Fsp3) is 0.185. The molecule has 0 radical (unpaired) electrons. The van der Waals surface area contributed by atoms with Crippen LogP contribution in [0.2, 0.25) is 0 Å². The summed E-state index contributed by atoms with van der Waals surface area (Å²) in [6, 6.07) is 19.1. The maximum Gasteiger partial charge on any atom is 0.258 e. The Bertz CT molecular complexity index is 1480. The van der Waals surface area contributed by atoms with Gasteiger partial charge >= 0.3 is 0 Å². The molecule has 1 atom stereocenters. The summed E-state index contributed by atoms with van der Waals surface area (Å²) in [5, 5.41) is 9.68. The molecule has 2 N–H and O–H groups in total. The van der Waals surface area contributed by atoms with Crippen molar-refractivity contribution in [3.63, 3.8) is 0 Å². The highest BCUT2D eigenvalue weighted by Crippen LogP contribution is 2.35. The van der Waals surface area contributed by atoms with Crippen LogP contribution in [0, 0.1) is 0 Å². The Balaban J connectivity index is 1.22. The molecule has 0 aliphatic heterocycles. The third kappa shape index (κ3) is 7.25. The predicted octanol–water partition coefficient (Wildman–Crippen LogP) is 7.12. The zero-order valence-electron chi connectivity index (χ0n) is 19.6. The molecule has 0 aliphatic carbocycles. The van der Waals surface area contributed by atoms with Gasteiger partial charge in [-0.3, -0.25) is 9.59 Å². The smallest absolute Gasteiger partial charge is 0.258 e. The topological polar surface area (TPSA) is 76.7 Å². The summed E-state index contributed by atoms with van der Waals surface area (Å²) >= 11 is 14.1. The van der Waals surface area contributed by atoms with Crippen LogP contribution in [0.25, 0.3) is 21.5 Å². The Kier molecular flexibility index (Phi) is 9.50. The number of amides is 2. The van der Waals surface area contributed by atoms with Crippen LogP contribution in [0.5, 0.6) is 11.5 Å². The molecule has 4 aromatic rings. The van der Waals surface area contributed by atoms with Crippen molar-refractivity contribution in [1.29, 1.82) is 0 Å². The van der Waals surface area contributed by atoms with Gasteiger partial charge in [-0.1, -0.05) is 56.1 Å². The fourth-order valence-corrected chi connectivity index (χ4v) is 5.65. The molecule has 0 saturated heterocycles. The third-order valence-electron chi connectivity index (χ3n) is 5.49. The number of hydrogen-bond acceptors (Lipinski definition) is 4. The lowest BCUT2D eigenvalue weighted by molar-refractivity contribution is -0.125. The van der Waals surface area contributed by atoms with Gasteiger partial charge in [0.25, 0.3) is 11.8 Å². The summed E-state index contributed by atoms with van der Waals surface area (Å²) in [6.07, 6.45) is 0. The van der Waals surface area contributed by atoms with Crippen molar-refractivity contribution in [3.05, 3.63) is 78.6 Å². The van der Waals surface area contributed by atoms with Crippen molar-refractivity contribution in [2.24, 2.45) is 0 Å². The van der Waals surface area contributed by atoms with Crippen LogP contribution >= 0.6 is 63.7 Å². The molecular weight excluding hydrogens is 736 g/mol. The van der Waals surface area contributed by atoms with Crippen molar-refractivity contribution in [1.82, 2.24) is 10.6 Å². The lowest BCUT2D eigenvalue weighted by Crippen LogP contribution is -2.44. The minimum Gasteiger partial charge on any atom is -0.483 e. The molecule has 0 aliphatic rings. The molecule has 0 saturated carbocycles. The van der Waals surface area contributed by atoms with E-state index in [4.69, 9.17) is 9.47 Å². The molecule has 4 rings (SSSR count). The van der Waals surface area contributed by atoms with E-state index in [0.717, 1.165) is 39.4 Å². The highest BCUT2D eigenvalue weighted by atomic mass is 79.9. The second kappa shape index (κ2) is 12.6. The Morgan fingerprint density at radius 3 is 1.73 bits per heavy atom. The minimum absolute atomic E-state index is 0.142. The fourth-order valence-electron chi connectivity index (χ4n) is 3.68. The van der Waals surface area contributed by atoms with Gasteiger partial charge in [-0.05, 0) is 96.7 Å². The van der Waals surface area contributed by atoms with Crippen LogP contribution < -0.4 is 20.1 Å². The van der Waals surface area contributed by atoms with Crippen LogP contribution in [-0.4, -0.2) is 37.6 Å². The maximum atomic E-state index is 12.4. The van der Waals surface area contributed by atoms with Gasteiger partial charge in [0.05, 0.1) is 8.95 Å². The van der Waals surface area contributed by atoms with Gasteiger partial charge < -0.3 is 20.1 Å². The van der Waals surface area contributed by atoms with Gasteiger partial charge in [-0.2, -0.15) is 0 Å².